The average Bonchev–Trinajstić information content (AvgIpc) is 2.38. The van der Waals surface area contributed by atoms with Crippen molar-refractivity contribution in [3.8, 4) is 6.07 Å². The highest BCUT2D eigenvalue weighted by atomic mass is 14.9. The molecule has 2 aromatic carbocycles. The van der Waals surface area contributed by atoms with Crippen LogP contribution in [0, 0.1) is 11.3 Å². The van der Waals surface area contributed by atoms with Crippen molar-refractivity contribution in [2.24, 2.45) is 0 Å². The molecule has 0 radical (unpaired) electrons. The summed E-state index contributed by atoms with van der Waals surface area (Å²) in [6, 6.07) is 18.0. The third kappa shape index (κ3) is 3.35. The molecule has 0 heterocycles. The van der Waals surface area contributed by atoms with Crippen molar-refractivity contribution in [2.45, 2.75) is 26.2 Å². The van der Waals surface area contributed by atoms with E-state index in [0.717, 1.165) is 11.4 Å². The molecule has 0 unspecified atom stereocenters. The fourth-order valence-corrected chi connectivity index (χ4v) is 1.89. The van der Waals surface area contributed by atoms with Gasteiger partial charge in [-0.1, -0.05) is 39.0 Å². The minimum atomic E-state index is 0.166. The molecule has 0 saturated heterocycles. The van der Waals surface area contributed by atoms with Crippen LogP contribution >= 0.6 is 0 Å². The maximum absolute atomic E-state index is 8.88. The molecular weight excluding hydrogens is 232 g/mol. The Morgan fingerprint density at radius 1 is 0.947 bits per heavy atom. The molecule has 96 valence electrons. The summed E-state index contributed by atoms with van der Waals surface area (Å²) in [5.41, 5.74) is 4.10. The quantitative estimate of drug-likeness (QED) is 0.845. The fourth-order valence-electron chi connectivity index (χ4n) is 1.89. The maximum atomic E-state index is 8.88. The molecule has 2 rings (SSSR count). The van der Waals surface area contributed by atoms with Gasteiger partial charge in [0.1, 0.15) is 0 Å². The molecule has 0 amide bonds. The van der Waals surface area contributed by atoms with Gasteiger partial charge in [0, 0.05) is 11.4 Å². The highest BCUT2D eigenvalue weighted by molar-refractivity contribution is 5.61. The van der Waals surface area contributed by atoms with E-state index in [2.05, 4.69) is 56.4 Å². The van der Waals surface area contributed by atoms with Crippen molar-refractivity contribution >= 4 is 11.4 Å². The molecule has 0 aliphatic carbocycles. The van der Waals surface area contributed by atoms with E-state index >= 15 is 0 Å². The minimum Gasteiger partial charge on any atom is -0.355 e. The van der Waals surface area contributed by atoms with Crippen LogP contribution in [0.5, 0.6) is 0 Å². The summed E-state index contributed by atoms with van der Waals surface area (Å²) in [6.07, 6.45) is 0. The lowest BCUT2D eigenvalue weighted by Gasteiger charge is -2.19. The Labute approximate surface area is 114 Å². The first-order valence-electron chi connectivity index (χ1n) is 6.37. The molecule has 0 spiro atoms. The van der Waals surface area contributed by atoms with Gasteiger partial charge in [0.25, 0.3) is 0 Å². The van der Waals surface area contributed by atoms with Crippen molar-refractivity contribution in [3.63, 3.8) is 0 Å². The molecule has 1 N–H and O–H groups in total. The molecule has 2 aromatic rings. The lowest BCUT2D eigenvalue weighted by molar-refractivity contribution is 0.590. The van der Waals surface area contributed by atoms with E-state index < -0.39 is 0 Å². The Bertz CT molecular complexity index is 598. The second-order valence-corrected chi connectivity index (χ2v) is 5.64. The highest BCUT2D eigenvalue weighted by Crippen LogP contribution is 2.25. The van der Waals surface area contributed by atoms with Gasteiger partial charge in [0.05, 0.1) is 11.6 Å². The Balaban J connectivity index is 2.18. The second-order valence-electron chi connectivity index (χ2n) is 5.64. The molecular formula is C17H18N2. The van der Waals surface area contributed by atoms with Crippen LogP contribution in [0.15, 0.2) is 48.5 Å². The van der Waals surface area contributed by atoms with E-state index in [1.54, 1.807) is 6.07 Å². The topological polar surface area (TPSA) is 35.8 Å². The predicted octanol–water partition coefficient (Wildman–Crippen LogP) is 4.60. The number of hydrogen-bond donors (Lipinski definition) is 1. The standard InChI is InChI=1S/C17H18N2/c1-17(2,3)14-7-9-15(10-8-14)19-16-6-4-5-13(11-16)12-18/h4-11,19H,1-3H3. The van der Waals surface area contributed by atoms with Crippen molar-refractivity contribution in [1.82, 2.24) is 0 Å². The van der Waals surface area contributed by atoms with Crippen LogP contribution in [-0.2, 0) is 5.41 Å². The summed E-state index contributed by atoms with van der Waals surface area (Å²) >= 11 is 0. The Hall–Kier alpha value is -2.27. The Morgan fingerprint density at radius 3 is 2.21 bits per heavy atom. The second kappa shape index (κ2) is 5.16. The average molecular weight is 250 g/mol. The number of benzene rings is 2. The van der Waals surface area contributed by atoms with Crippen LogP contribution in [0.25, 0.3) is 0 Å². The normalized spacial score (nSPS) is 10.8. The Morgan fingerprint density at radius 2 is 1.63 bits per heavy atom. The summed E-state index contributed by atoms with van der Waals surface area (Å²) < 4.78 is 0. The van der Waals surface area contributed by atoms with Crippen LogP contribution in [0.2, 0.25) is 0 Å². The molecule has 0 aromatic heterocycles. The van der Waals surface area contributed by atoms with Crippen LogP contribution in [0.3, 0.4) is 0 Å². The van der Waals surface area contributed by atoms with Crippen molar-refractivity contribution in [2.75, 3.05) is 5.32 Å². The van der Waals surface area contributed by atoms with Gasteiger partial charge in [-0.15, -0.1) is 0 Å². The first-order valence-corrected chi connectivity index (χ1v) is 6.37. The van der Waals surface area contributed by atoms with Gasteiger partial charge in [-0.2, -0.15) is 5.26 Å². The molecule has 0 aliphatic heterocycles. The number of nitrogens with zero attached hydrogens (tertiary/aromatic N) is 1. The fraction of sp³-hybridized carbons (Fsp3) is 0.235. The molecule has 0 saturated carbocycles. The smallest absolute Gasteiger partial charge is 0.0992 e. The van der Waals surface area contributed by atoms with Crippen LogP contribution in [0.1, 0.15) is 31.9 Å². The van der Waals surface area contributed by atoms with Gasteiger partial charge in [-0.25, -0.2) is 0 Å². The zero-order valence-corrected chi connectivity index (χ0v) is 11.6. The largest absolute Gasteiger partial charge is 0.355 e. The minimum absolute atomic E-state index is 0.166. The zero-order valence-electron chi connectivity index (χ0n) is 11.6. The van der Waals surface area contributed by atoms with E-state index in [1.165, 1.54) is 5.56 Å². The summed E-state index contributed by atoms with van der Waals surface area (Å²) in [4.78, 5) is 0. The highest BCUT2D eigenvalue weighted by Gasteiger charge is 2.12. The van der Waals surface area contributed by atoms with Gasteiger partial charge in [0.15, 0.2) is 0 Å². The lowest BCUT2D eigenvalue weighted by Crippen LogP contribution is -2.10. The summed E-state index contributed by atoms with van der Waals surface area (Å²) in [5.74, 6) is 0. The summed E-state index contributed by atoms with van der Waals surface area (Å²) in [6.45, 7) is 6.60. The lowest BCUT2D eigenvalue weighted by atomic mass is 9.87. The third-order valence-electron chi connectivity index (χ3n) is 3.03. The third-order valence-corrected chi connectivity index (χ3v) is 3.03. The number of rotatable bonds is 2. The molecule has 0 atom stereocenters. The zero-order chi connectivity index (χ0) is 13.9. The SMILES string of the molecule is CC(C)(C)c1ccc(Nc2cccc(C#N)c2)cc1. The molecule has 19 heavy (non-hydrogen) atoms. The predicted molar refractivity (Wildman–Crippen MR) is 79.6 cm³/mol. The van der Waals surface area contributed by atoms with E-state index in [0.29, 0.717) is 5.56 Å². The van der Waals surface area contributed by atoms with Gasteiger partial charge < -0.3 is 5.32 Å². The van der Waals surface area contributed by atoms with Gasteiger partial charge in [-0.3, -0.25) is 0 Å². The van der Waals surface area contributed by atoms with Crippen molar-refractivity contribution < 1.29 is 0 Å². The molecule has 2 nitrogen and oxygen atoms in total. The van der Waals surface area contributed by atoms with Gasteiger partial charge >= 0.3 is 0 Å². The number of hydrogen-bond acceptors (Lipinski definition) is 2. The number of nitriles is 1. The molecule has 2 heteroatoms. The van der Waals surface area contributed by atoms with Crippen LogP contribution in [-0.4, -0.2) is 0 Å². The molecule has 0 bridgehead atoms. The summed E-state index contributed by atoms with van der Waals surface area (Å²) in [7, 11) is 0. The number of nitrogens with one attached hydrogen (secondary N) is 1. The molecule has 0 fully saturated rings. The van der Waals surface area contributed by atoms with E-state index in [1.807, 2.05) is 18.2 Å². The summed E-state index contributed by atoms with van der Waals surface area (Å²) in [5, 5.41) is 12.2. The van der Waals surface area contributed by atoms with Gasteiger partial charge in [0.2, 0.25) is 0 Å². The van der Waals surface area contributed by atoms with Crippen molar-refractivity contribution in [1.29, 1.82) is 5.26 Å². The first kappa shape index (κ1) is 13.2. The monoisotopic (exact) mass is 250 g/mol. The first-order chi connectivity index (χ1) is 8.99. The van der Waals surface area contributed by atoms with Crippen LogP contribution < -0.4 is 5.32 Å². The van der Waals surface area contributed by atoms with Gasteiger partial charge in [-0.05, 0) is 41.3 Å². The Kier molecular flexibility index (Phi) is 3.57. The van der Waals surface area contributed by atoms with Crippen molar-refractivity contribution in [3.05, 3.63) is 59.7 Å². The van der Waals surface area contributed by atoms with E-state index in [-0.39, 0.29) is 5.41 Å². The van der Waals surface area contributed by atoms with E-state index in [4.69, 9.17) is 5.26 Å². The number of anilines is 2. The maximum Gasteiger partial charge on any atom is 0.0992 e. The van der Waals surface area contributed by atoms with E-state index in [9.17, 15) is 0 Å². The molecule has 0 aliphatic rings. The van der Waals surface area contributed by atoms with Crippen LogP contribution in [0.4, 0.5) is 11.4 Å².